The van der Waals surface area contributed by atoms with E-state index in [9.17, 15) is 18.0 Å². The van der Waals surface area contributed by atoms with Gasteiger partial charge in [-0.05, 0) is 60.1 Å². The second-order valence-corrected chi connectivity index (χ2v) is 13.8. The van der Waals surface area contributed by atoms with E-state index in [0.29, 0.717) is 17.1 Å². The van der Waals surface area contributed by atoms with Crippen LogP contribution in [0.4, 0.5) is 5.69 Å². The Bertz CT molecular complexity index is 1220. The quantitative estimate of drug-likeness (QED) is 0.396. The zero-order valence-corrected chi connectivity index (χ0v) is 25.3. The lowest BCUT2D eigenvalue weighted by Gasteiger charge is -2.34. The number of anilines is 1. The van der Waals surface area contributed by atoms with Crippen molar-refractivity contribution in [2.75, 3.05) is 17.1 Å². The SMILES string of the molecule is CC[C@H](C(=O)NC1CCCCC1)N(Cc1ccc(Cl)cc1)C(=O)CN(c1ccc(C(C)(C)C)cc1)S(C)(=O)=O. The molecule has 3 rings (SSSR count). The number of benzene rings is 2. The van der Waals surface area contributed by atoms with Crippen molar-refractivity contribution in [3.8, 4) is 0 Å². The maximum Gasteiger partial charge on any atom is 0.244 e. The Morgan fingerprint density at radius 3 is 2.10 bits per heavy atom. The molecule has 1 aliphatic carbocycles. The fourth-order valence-corrected chi connectivity index (χ4v) is 5.97. The smallest absolute Gasteiger partial charge is 0.244 e. The highest BCUT2D eigenvalue weighted by Crippen LogP contribution is 2.27. The van der Waals surface area contributed by atoms with Crippen molar-refractivity contribution < 1.29 is 18.0 Å². The van der Waals surface area contributed by atoms with Crippen molar-refractivity contribution >= 4 is 39.1 Å². The molecule has 39 heavy (non-hydrogen) atoms. The topological polar surface area (TPSA) is 86.8 Å². The predicted octanol–water partition coefficient (Wildman–Crippen LogP) is 5.66. The molecule has 9 heteroatoms. The Kier molecular flexibility index (Phi) is 10.5. The first-order valence-electron chi connectivity index (χ1n) is 13.7. The summed E-state index contributed by atoms with van der Waals surface area (Å²) in [6, 6.07) is 13.7. The number of carbonyl (C=O) groups excluding carboxylic acids is 2. The number of nitrogens with zero attached hydrogens (tertiary/aromatic N) is 2. The molecule has 1 aliphatic rings. The van der Waals surface area contributed by atoms with Crippen LogP contribution in [0.25, 0.3) is 0 Å². The summed E-state index contributed by atoms with van der Waals surface area (Å²) in [5, 5.41) is 3.72. The van der Waals surface area contributed by atoms with Gasteiger partial charge in [-0.2, -0.15) is 0 Å². The molecule has 214 valence electrons. The van der Waals surface area contributed by atoms with Crippen LogP contribution in [0.5, 0.6) is 0 Å². The van der Waals surface area contributed by atoms with Crippen molar-refractivity contribution in [2.45, 2.75) is 90.3 Å². The van der Waals surface area contributed by atoms with Crippen molar-refractivity contribution in [3.05, 3.63) is 64.7 Å². The zero-order chi connectivity index (χ0) is 28.8. The summed E-state index contributed by atoms with van der Waals surface area (Å²) >= 11 is 6.07. The fourth-order valence-electron chi connectivity index (χ4n) is 4.99. The summed E-state index contributed by atoms with van der Waals surface area (Å²) in [5.41, 5.74) is 2.17. The van der Waals surface area contributed by atoms with E-state index >= 15 is 0 Å². The van der Waals surface area contributed by atoms with Crippen LogP contribution >= 0.6 is 11.6 Å². The number of carbonyl (C=O) groups is 2. The summed E-state index contributed by atoms with van der Waals surface area (Å²) in [7, 11) is -3.78. The molecule has 0 spiro atoms. The van der Waals surface area contributed by atoms with Gasteiger partial charge in [0.25, 0.3) is 0 Å². The van der Waals surface area contributed by atoms with Gasteiger partial charge in [-0.1, -0.05) is 82.8 Å². The van der Waals surface area contributed by atoms with Gasteiger partial charge in [0.15, 0.2) is 0 Å². The number of hydrogen-bond acceptors (Lipinski definition) is 4. The van der Waals surface area contributed by atoms with E-state index in [1.165, 1.54) is 11.3 Å². The monoisotopic (exact) mass is 575 g/mol. The Morgan fingerprint density at radius 1 is 1.00 bits per heavy atom. The number of rotatable bonds is 10. The Morgan fingerprint density at radius 2 is 1.59 bits per heavy atom. The highest BCUT2D eigenvalue weighted by atomic mass is 35.5. The molecule has 0 radical (unpaired) electrons. The number of halogens is 1. The highest BCUT2D eigenvalue weighted by molar-refractivity contribution is 7.92. The molecule has 0 saturated heterocycles. The first-order valence-corrected chi connectivity index (χ1v) is 15.9. The maximum atomic E-state index is 13.9. The molecular formula is C30H42ClN3O4S. The largest absolute Gasteiger partial charge is 0.352 e. The fraction of sp³-hybridized carbons (Fsp3) is 0.533. The van der Waals surface area contributed by atoms with E-state index < -0.39 is 28.5 Å². The first-order chi connectivity index (χ1) is 18.3. The van der Waals surface area contributed by atoms with Crippen LogP contribution in [-0.4, -0.2) is 50.0 Å². The van der Waals surface area contributed by atoms with Crippen LogP contribution < -0.4 is 9.62 Å². The van der Waals surface area contributed by atoms with Gasteiger partial charge in [0.2, 0.25) is 21.8 Å². The minimum atomic E-state index is -3.78. The molecule has 1 fully saturated rings. The summed E-state index contributed by atoms with van der Waals surface area (Å²) in [6.07, 6.45) is 6.67. The first kappa shape index (κ1) is 31.0. The van der Waals surface area contributed by atoms with Crippen LogP contribution in [0.1, 0.15) is 77.3 Å². The van der Waals surface area contributed by atoms with Crippen molar-refractivity contribution in [1.29, 1.82) is 0 Å². The summed E-state index contributed by atoms with van der Waals surface area (Å²) in [4.78, 5) is 28.8. The summed E-state index contributed by atoms with van der Waals surface area (Å²) < 4.78 is 26.8. The molecule has 0 bridgehead atoms. The van der Waals surface area contributed by atoms with E-state index in [1.807, 2.05) is 31.2 Å². The standard InChI is InChI=1S/C30H42ClN3O4S/c1-6-27(29(36)32-25-10-8-7-9-11-25)33(20-22-12-16-24(31)17-13-22)28(35)21-34(39(5,37)38)26-18-14-23(15-19-26)30(2,3)4/h12-19,25,27H,6-11,20-21H2,1-5H3,(H,32,36)/t27-/m1/s1. The number of amides is 2. The van der Waals surface area contributed by atoms with Gasteiger partial charge in [0, 0.05) is 17.6 Å². The Balaban J connectivity index is 1.91. The van der Waals surface area contributed by atoms with Gasteiger partial charge in [-0.25, -0.2) is 8.42 Å². The van der Waals surface area contributed by atoms with E-state index in [-0.39, 0.29) is 23.9 Å². The summed E-state index contributed by atoms with van der Waals surface area (Å²) in [6.45, 7) is 7.86. The third kappa shape index (κ3) is 8.70. The van der Waals surface area contributed by atoms with Crippen LogP contribution in [0, 0.1) is 0 Å². The van der Waals surface area contributed by atoms with Crippen LogP contribution in [0.2, 0.25) is 5.02 Å². The number of hydrogen-bond donors (Lipinski definition) is 1. The van der Waals surface area contributed by atoms with Gasteiger partial charge in [-0.3, -0.25) is 13.9 Å². The Hall–Kier alpha value is -2.58. The lowest BCUT2D eigenvalue weighted by molar-refractivity contribution is -0.140. The minimum absolute atomic E-state index is 0.0975. The zero-order valence-electron chi connectivity index (χ0n) is 23.7. The number of sulfonamides is 1. The van der Waals surface area contributed by atoms with Crippen molar-refractivity contribution in [2.24, 2.45) is 0 Å². The molecule has 2 amide bonds. The van der Waals surface area contributed by atoms with Gasteiger partial charge < -0.3 is 10.2 Å². The van der Waals surface area contributed by atoms with Crippen molar-refractivity contribution in [1.82, 2.24) is 10.2 Å². The molecular weight excluding hydrogens is 534 g/mol. The molecule has 0 unspecified atom stereocenters. The van der Waals surface area contributed by atoms with E-state index in [1.54, 1.807) is 24.3 Å². The number of nitrogens with one attached hydrogen (secondary N) is 1. The van der Waals surface area contributed by atoms with E-state index in [0.717, 1.165) is 47.4 Å². The van der Waals surface area contributed by atoms with Crippen LogP contribution in [0.3, 0.4) is 0 Å². The predicted molar refractivity (Wildman–Crippen MR) is 158 cm³/mol. The minimum Gasteiger partial charge on any atom is -0.352 e. The molecule has 1 atom stereocenters. The Labute approximate surface area is 239 Å². The average Bonchev–Trinajstić information content (AvgIpc) is 2.87. The third-order valence-corrected chi connectivity index (χ3v) is 8.70. The third-order valence-electron chi connectivity index (χ3n) is 7.30. The highest BCUT2D eigenvalue weighted by Gasteiger charge is 2.33. The summed E-state index contributed by atoms with van der Waals surface area (Å²) in [5.74, 6) is -0.645. The van der Waals surface area contributed by atoms with Crippen LogP contribution in [-0.2, 0) is 31.6 Å². The maximum absolute atomic E-state index is 13.9. The van der Waals surface area contributed by atoms with Crippen molar-refractivity contribution in [3.63, 3.8) is 0 Å². The second kappa shape index (κ2) is 13.2. The molecule has 1 N–H and O–H groups in total. The van der Waals surface area contributed by atoms with Gasteiger partial charge >= 0.3 is 0 Å². The lowest BCUT2D eigenvalue weighted by Crippen LogP contribution is -2.53. The van der Waals surface area contributed by atoms with Gasteiger partial charge in [0.05, 0.1) is 11.9 Å². The molecule has 0 aliphatic heterocycles. The average molecular weight is 576 g/mol. The molecule has 0 aromatic heterocycles. The van der Waals surface area contributed by atoms with Gasteiger partial charge in [0.1, 0.15) is 12.6 Å². The van der Waals surface area contributed by atoms with E-state index in [2.05, 4.69) is 26.1 Å². The van der Waals surface area contributed by atoms with E-state index in [4.69, 9.17) is 11.6 Å². The molecule has 7 nitrogen and oxygen atoms in total. The van der Waals surface area contributed by atoms with Gasteiger partial charge in [-0.15, -0.1) is 0 Å². The normalized spacial score (nSPS) is 15.4. The van der Waals surface area contributed by atoms with Crippen LogP contribution in [0.15, 0.2) is 48.5 Å². The molecule has 2 aromatic rings. The second-order valence-electron chi connectivity index (χ2n) is 11.5. The lowest BCUT2D eigenvalue weighted by atomic mass is 9.87. The molecule has 0 heterocycles. The molecule has 2 aromatic carbocycles. The molecule has 1 saturated carbocycles.